The Labute approximate surface area is 136 Å². The van der Waals surface area contributed by atoms with Crippen LogP contribution in [0.3, 0.4) is 0 Å². The molecule has 0 unspecified atom stereocenters. The minimum absolute atomic E-state index is 0.0417. The number of likely N-dealkylation sites (tertiary alicyclic amines) is 1. The van der Waals surface area contributed by atoms with Gasteiger partial charge in [-0.1, -0.05) is 30.3 Å². The van der Waals surface area contributed by atoms with Crippen molar-refractivity contribution >= 4 is 5.91 Å². The number of ether oxygens (including phenoxy) is 1. The van der Waals surface area contributed by atoms with Crippen molar-refractivity contribution in [2.45, 2.75) is 18.9 Å². The molecule has 2 aromatic carbocycles. The number of rotatable bonds is 3. The zero-order valence-corrected chi connectivity index (χ0v) is 13.4. The van der Waals surface area contributed by atoms with E-state index in [1.165, 1.54) is 0 Å². The van der Waals surface area contributed by atoms with Gasteiger partial charge in [0.2, 0.25) is 0 Å². The molecule has 1 amide bonds. The van der Waals surface area contributed by atoms with Crippen LogP contribution in [0.1, 0.15) is 23.2 Å². The first kappa shape index (κ1) is 15.6. The first-order valence-corrected chi connectivity index (χ1v) is 7.97. The summed E-state index contributed by atoms with van der Waals surface area (Å²) in [6, 6.07) is 15.6. The number of hydrogen-bond donors (Lipinski definition) is 1. The molecule has 1 saturated heterocycles. The van der Waals surface area contributed by atoms with Crippen LogP contribution in [0.25, 0.3) is 11.1 Å². The number of piperidine rings is 1. The van der Waals surface area contributed by atoms with E-state index in [0.29, 0.717) is 12.1 Å². The maximum atomic E-state index is 12.8. The molecule has 0 aromatic heterocycles. The minimum Gasteiger partial charge on any atom is -0.496 e. The average Bonchev–Trinajstić information content (AvgIpc) is 2.61. The Morgan fingerprint density at radius 3 is 2.70 bits per heavy atom. The smallest absolute Gasteiger partial charge is 0.253 e. The molecule has 23 heavy (non-hydrogen) atoms. The molecule has 3 rings (SSSR count). The Bertz CT molecular complexity index is 685. The zero-order chi connectivity index (χ0) is 16.2. The van der Waals surface area contributed by atoms with Crippen LogP contribution >= 0.6 is 0 Å². The Kier molecular flexibility index (Phi) is 4.63. The molecule has 1 aliphatic rings. The molecular formula is C19H22N2O2. The quantitative estimate of drug-likeness (QED) is 0.948. The van der Waals surface area contributed by atoms with Gasteiger partial charge in [-0.05, 0) is 36.6 Å². The van der Waals surface area contributed by atoms with Crippen molar-refractivity contribution in [3.05, 3.63) is 54.1 Å². The second kappa shape index (κ2) is 6.84. The van der Waals surface area contributed by atoms with E-state index in [-0.39, 0.29) is 11.9 Å². The highest BCUT2D eigenvalue weighted by Gasteiger charge is 2.23. The maximum Gasteiger partial charge on any atom is 0.253 e. The van der Waals surface area contributed by atoms with Crippen molar-refractivity contribution in [1.29, 1.82) is 0 Å². The minimum atomic E-state index is 0.0417. The summed E-state index contributed by atoms with van der Waals surface area (Å²) >= 11 is 0. The molecule has 2 N–H and O–H groups in total. The summed E-state index contributed by atoms with van der Waals surface area (Å²) in [4.78, 5) is 14.6. The van der Waals surface area contributed by atoms with Gasteiger partial charge in [-0.3, -0.25) is 4.79 Å². The standard InChI is InChI=1S/C19H22N2O2/c1-23-18-10-9-15(12-17(18)14-6-3-2-4-7-14)19(22)21-11-5-8-16(20)13-21/h2-4,6-7,9-10,12,16H,5,8,11,13,20H2,1H3/t16-/m0/s1. The summed E-state index contributed by atoms with van der Waals surface area (Å²) in [5.41, 5.74) is 8.64. The summed E-state index contributed by atoms with van der Waals surface area (Å²) in [5, 5.41) is 0. The summed E-state index contributed by atoms with van der Waals surface area (Å²) in [7, 11) is 1.65. The van der Waals surface area contributed by atoms with E-state index in [2.05, 4.69) is 0 Å². The molecule has 0 saturated carbocycles. The fourth-order valence-corrected chi connectivity index (χ4v) is 3.06. The summed E-state index contributed by atoms with van der Waals surface area (Å²) in [6.45, 7) is 1.41. The number of methoxy groups -OCH3 is 1. The normalized spacial score (nSPS) is 17.8. The first-order chi connectivity index (χ1) is 11.2. The number of hydrogen-bond acceptors (Lipinski definition) is 3. The summed E-state index contributed by atoms with van der Waals surface area (Å²) < 4.78 is 5.45. The molecule has 1 heterocycles. The number of amides is 1. The van der Waals surface area contributed by atoms with Gasteiger partial charge in [-0.15, -0.1) is 0 Å². The summed E-state index contributed by atoms with van der Waals surface area (Å²) in [6.07, 6.45) is 1.95. The van der Waals surface area contributed by atoms with Crippen LogP contribution in [0.4, 0.5) is 0 Å². The average molecular weight is 310 g/mol. The third-order valence-electron chi connectivity index (χ3n) is 4.28. The zero-order valence-electron chi connectivity index (χ0n) is 13.4. The largest absolute Gasteiger partial charge is 0.496 e. The third kappa shape index (κ3) is 3.37. The monoisotopic (exact) mass is 310 g/mol. The van der Waals surface area contributed by atoms with E-state index in [1.54, 1.807) is 7.11 Å². The molecule has 1 atom stereocenters. The molecule has 4 nitrogen and oxygen atoms in total. The SMILES string of the molecule is COc1ccc(C(=O)N2CCC[C@H](N)C2)cc1-c1ccccc1. The van der Waals surface area contributed by atoms with Gasteiger partial charge >= 0.3 is 0 Å². The van der Waals surface area contributed by atoms with Crippen molar-refractivity contribution in [3.63, 3.8) is 0 Å². The van der Waals surface area contributed by atoms with Crippen LogP contribution in [0.15, 0.2) is 48.5 Å². The van der Waals surface area contributed by atoms with E-state index >= 15 is 0 Å². The fraction of sp³-hybridized carbons (Fsp3) is 0.316. The highest BCUT2D eigenvalue weighted by molar-refractivity contribution is 5.96. The van der Waals surface area contributed by atoms with Gasteiger partial charge in [-0.2, -0.15) is 0 Å². The summed E-state index contributed by atoms with van der Waals surface area (Å²) in [5.74, 6) is 0.808. The number of carbonyl (C=O) groups excluding carboxylic acids is 1. The van der Waals surface area contributed by atoms with Gasteiger partial charge in [0.25, 0.3) is 5.91 Å². The number of nitrogens with two attached hydrogens (primary N) is 1. The van der Waals surface area contributed by atoms with Crippen LogP contribution in [-0.2, 0) is 0 Å². The number of nitrogens with zero attached hydrogens (tertiary/aromatic N) is 1. The first-order valence-electron chi connectivity index (χ1n) is 7.97. The van der Waals surface area contributed by atoms with Crippen LogP contribution in [0.5, 0.6) is 5.75 Å². The molecule has 0 spiro atoms. The second-order valence-corrected chi connectivity index (χ2v) is 5.93. The lowest BCUT2D eigenvalue weighted by molar-refractivity contribution is 0.0709. The lowest BCUT2D eigenvalue weighted by Gasteiger charge is -2.31. The van der Waals surface area contributed by atoms with Crippen LogP contribution in [0, 0.1) is 0 Å². The molecule has 0 bridgehead atoms. The van der Waals surface area contributed by atoms with Gasteiger partial charge < -0.3 is 15.4 Å². The highest BCUT2D eigenvalue weighted by Crippen LogP contribution is 2.31. The van der Waals surface area contributed by atoms with E-state index in [1.807, 2.05) is 53.4 Å². The number of benzene rings is 2. The lowest BCUT2D eigenvalue weighted by Crippen LogP contribution is -2.45. The van der Waals surface area contributed by atoms with E-state index < -0.39 is 0 Å². The van der Waals surface area contributed by atoms with Crippen molar-refractivity contribution < 1.29 is 9.53 Å². The van der Waals surface area contributed by atoms with Gasteiger partial charge in [0, 0.05) is 30.3 Å². The van der Waals surface area contributed by atoms with Crippen molar-refractivity contribution in [2.24, 2.45) is 5.73 Å². The molecule has 120 valence electrons. The van der Waals surface area contributed by atoms with E-state index in [9.17, 15) is 4.79 Å². The fourth-order valence-electron chi connectivity index (χ4n) is 3.06. The predicted molar refractivity (Wildman–Crippen MR) is 91.5 cm³/mol. The molecule has 1 fully saturated rings. The Morgan fingerprint density at radius 1 is 1.22 bits per heavy atom. The van der Waals surface area contributed by atoms with Crippen LogP contribution in [0.2, 0.25) is 0 Å². The lowest BCUT2D eigenvalue weighted by atomic mass is 10.00. The molecule has 2 aromatic rings. The van der Waals surface area contributed by atoms with Gasteiger partial charge in [0.15, 0.2) is 0 Å². The Balaban J connectivity index is 1.93. The third-order valence-corrected chi connectivity index (χ3v) is 4.28. The van der Waals surface area contributed by atoms with Crippen molar-refractivity contribution in [3.8, 4) is 16.9 Å². The van der Waals surface area contributed by atoms with Gasteiger partial charge in [0.1, 0.15) is 5.75 Å². The topological polar surface area (TPSA) is 55.6 Å². The predicted octanol–water partition coefficient (Wildman–Crippen LogP) is 2.93. The molecule has 0 radical (unpaired) electrons. The van der Waals surface area contributed by atoms with Gasteiger partial charge in [-0.25, -0.2) is 0 Å². The van der Waals surface area contributed by atoms with Crippen molar-refractivity contribution in [2.75, 3.05) is 20.2 Å². The molecule has 1 aliphatic heterocycles. The van der Waals surface area contributed by atoms with Crippen LogP contribution < -0.4 is 10.5 Å². The Morgan fingerprint density at radius 2 is 2.00 bits per heavy atom. The van der Waals surface area contributed by atoms with Crippen LogP contribution in [-0.4, -0.2) is 37.0 Å². The molecule has 4 heteroatoms. The van der Waals surface area contributed by atoms with Gasteiger partial charge in [0.05, 0.1) is 7.11 Å². The van der Waals surface area contributed by atoms with E-state index in [0.717, 1.165) is 36.3 Å². The molecular weight excluding hydrogens is 288 g/mol. The molecule has 0 aliphatic carbocycles. The highest BCUT2D eigenvalue weighted by atomic mass is 16.5. The van der Waals surface area contributed by atoms with Crippen molar-refractivity contribution in [1.82, 2.24) is 4.90 Å². The Hall–Kier alpha value is -2.33. The number of carbonyl (C=O) groups is 1. The maximum absolute atomic E-state index is 12.8. The second-order valence-electron chi connectivity index (χ2n) is 5.93. The van der Waals surface area contributed by atoms with E-state index in [4.69, 9.17) is 10.5 Å².